The molecule has 9 heteroatoms. The predicted octanol–water partition coefficient (Wildman–Crippen LogP) is 2.90. The summed E-state index contributed by atoms with van der Waals surface area (Å²) in [4.78, 5) is 18.9. The minimum atomic E-state index is -1.37. The van der Waals surface area contributed by atoms with Crippen LogP contribution in [0.5, 0.6) is 11.8 Å². The number of amides is 1. The monoisotopic (exact) mass is 329 g/mol. The van der Waals surface area contributed by atoms with Crippen LogP contribution in [0.1, 0.15) is 0 Å². The summed E-state index contributed by atoms with van der Waals surface area (Å²) in [5, 5.41) is 14.7. The van der Waals surface area contributed by atoms with Gasteiger partial charge >= 0.3 is 12.1 Å². The number of rotatable bonds is 4. The second kappa shape index (κ2) is 6.32. The summed E-state index contributed by atoms with van der Waals surface area (Å²) < 4.78 is 20.7. The van der Waals surface area contributed by atoms with Gasteiger partial charge in [-0.15, -0.1) is 0 Å². The number of anilines is 1. The molecule has 2 N–H and O–H groups in total. The lowest BCUT2D eigenvalue weighted by atomic mass is 10.2. The fraction of sp³-hybridized carbons (Fsp3) is 0.0667. The Hall–Kier alpha value is -3.49. The Bertz CT molecular complexity index is 896. The Kier molecular flexibility index (Phi) is 4.06. The number of hydrogen-bond acceptors (Lipinski definition) is 5. The van der Waals surface area contributed by atoms with Crippen LogP contribution in [0.3, 0.4) is 0 Å². The Labute approximate surface area is 135 Å². The molecule has 122 valence electrons. The summed E-state index contributed by atoms with van der Waals surface area (Å²) in [6.07, 6.45) is 3.59. The van der Waals surface area contributed by atoms with E-state index in [4.69, 9.17) is 9.84 Å². The molecule has 1 amide bonds. The van der Waals surface area contributed by atoms with Crippen LogP contribution in [0.15, 0.2) is 42.9 Å². The SMILES string of the molecule is Cn1cc(-c2ccnc(Oc3ccc(F)c(NC(=O)O)c3)n2)cn1. The van der Waals surface area contributed by atoms with Crippen LogP contribution in [0, 0.1) is 5.82 Å². The van der Waals surface area contributed by atoms with Gasteiger partial charge in [0.05, 0.1) is 17.6 Å². The molecule has 0 saturated heterocycles. The first-order chi connectivity index (χ1) is 11.5. The molecule has 0 aliphatic heterocycles. The molecule has 0 aliphatic rings. The molecule has 0 atom stereocenters. The first kappa shape index (κ1) is 15.4. The maximum absolute atomic E-state index is 13.5. The zero-order chi connectivity index (χ0) is 17.1. The molecule has 2 aromatic heterocycles. The van der Waals surface area contributed by atoms with Gasteiger partial charge in [-0.3, -0.25) is 10.00 Å². The minimum Gasteiger partial charge on any atom is -0.465 e. The number of aryl methyl sites for hydroxylation is 1. The van der Waals surface area contributed by atoms with Crippen molar-refractivity contribution >= 4 is 11.8 Å². The largest absolute Gasteiger partial charge is 0.465 e. The summed E-state index contributed by atoms with van der Waals surface area (Å²) in [5.74, 6) is -0.515. The van der Waals surface area contributed by atoms with Crippen LogP contribution in [-0.2, 0) is 7.05 Å². The van der Waals surface area contributed by atoms with Gasteiger partial charge in [-0.25, -0.2) is 14.2 Å². The molecule has 0 aliphatic carbocycles. The van der Waals surface area contributed by atoms with Gasteiger partial charge in [0.25, 0.3) is 0 Å². The molecule has 0 saturated carbocycles. The average molecular weight is 329 g/mol. The third-order valence-corrected chi connectivity index (χ3v) is 3.02. The molecule has 0 bridgehead atoms. The van der Waals surface area contributed by atoms with Crippen LogP contribution in [0.2, 0.25) is 0 Å². The summed E-state index contributed by atoms with van der Waals surface area (Å²) in [7, 11) is 1.79. The third kappa shape index (κ3) is 3.46. The van der Waals surface area contributed by atoms with Crippen molar-refractivity contribution in [2.45, 2.75) is 0 Å². The molecular formula is C15H12FN5O3. The predicted molar refractivity (Wildman–Crippen MR) is 82.4 cm³/mol. The summed E-state index contributed by atoms with van der Waals surface area (Å²) in [5.41, 5.74) is 1.18. The highest BCUT2D eigenvalue weighted by Gasteiger charge is 2.10. The second-order valence-corrected chi connectivity index (χ2v) is 4.80. The van der Waals surface area contributed by atoms with Crippen LogP contribution < -0.4 is 10.1 Å². The van der Waals surface area contributed by atoms with Crippen molar-refractivity contribution in [3.05, 3.63) is 48.7 Å². The van der Waals surface area contributed by atoms with Crippen molar-refractivity contribution in [2.75, 3.05) is 5.32 Å². The van der Waals surface area contributed by atoms with E-state index in [1.807, 2.05) is 5.32 Å². The van der Waals surface area contributed by atoms with Gasteiger partial charge in [-0.2, -0.15) is 10.1 Å². The van der Waals surface area contributed by atoms with Crippen molar-refractivity contribution in [1.82, 2.24) is 19.7 Å². The maximum atomic E-state index is 13.5. The highest BCUT2D eigenvalue weighted by molar-refractivity contribution is 5.83. The Morgan fingerprint density at radius 3 is 2.92 bits per heavy atom. The maximum Gasteiger partial charge on any atom is 0.409 e. The van der Waals surface area contributed by atoms with Gasteiger partial charge in [0.2, 0.25) is 0 Å². The molecule has 0 unspecified atom stereocenters. The molecule has 1 aromatic carbocycles. The van der Waals surface area contributed by atoms with Gasteiger partial charge in [0, 0.05) is 31.1 Å². The number of nitrogens with one attached hydrogen (secondary N) is 1. The lowest BCUT2D eigenvalue weighted by Crippen LogP contribution is -2.08. The number of carboxylic acid groups (broad SMARTS) is 1. The van der Waals surface area contributed by atoms with Crippen molar-refractivity contribution in [3.8, 4) is 23.0 Å². The van der Waals surface area contributed by atoms with E-state index in [9.17, 15) is 9.18 Å². The molecule has 0 spiro atoms. The van der Waals surface area contributed by atoms with E-state index >= 15 is 0 Å². The number of halogens is 1. The van der Waals surface area contributed by atoms with E-state index < -0.39 is 11.9 Å². The number of hydrogen-bond donors (Lipinski definition) is 2. The van der Waals surface area contributed by atoms with Crippen LogP contribution >= 0.6 is 0 Å². The number of carbonyl (C=O) groups is 1. The van der Waals surface area contributed by atoms with E-state index in [0.29, 0.717) is 5.69 Å². The quantitative estimate of drug-likeness (QED) is 0.763. The molecule has 0 fully saturated rings. The summed E-state index contributed by atoms with van der Waals surface area (Å²) >= 11 is 0. The number of benzene rings is 1. The molecule has 2 heterocycles. The zero-order valence-corrected chi connectivity index (χ0v) is 12.5. The van der Waals surface area contributed by atoms with Crippen LogP contribution in [0.4, 0.5) is 14.9 Å². The van der Waals surface area contributed by atoms with E-state index in [-0.39, 0.29) is 17.4 Å². The van der Waals surface area contributed by atoms with E-state index in [1.54, 1.807) is 30.2 Å². The fourth-order valence-electron chi connectivity index (χ4n) is 1.99. The summed E-state index contributed by atoms with van der Waals surface area (Å²) in [6.45, 7) is 0. The van der Waals surface area contributed by atoms with E-state index in [1.165, 1.54) is 18.3 Å². The van der Waals surface area contributed by atoms with Gasteiger partial charge in [-0.05, 0) is 18.2 Å². The lowest BCUT2D eigenvalue weighted by molar-refractivity contribution is 0.209. The number of aromatic nitrogens is 4. The van der Waals surface area contributed by atoms with Crippen LogP contribution in [-0.4, -0.2) is 30.9 Å². The number of ether oxygens (including phenoxy) is 1. The smallest absolute Gasteiger partial charge is 0.409 e. The standard InChI is InChI=1S/C15H12FN5O3/c1-21-8-9(7-18-21)12-4-5-17-14(19-12)24-10-2-3-11(16)13(6-10)20-15(22)23/h2-8,20H,1H3,(H,22,23). The van der Waals surface area contributed by atoms with Gasteiger partial charge in [0.1, 0.15) is 11.6 Å². The Balaban J connectivity index is 1.85. The first-order valence-corrected chi connectivity index (χ1v) is 6.80. The Morgan fingerprint density at radius 2 is 2.21 bits per heavy atom. The van der Waals surface area contributed by atoms with Crippen molar-refractivity contribution in [2.24, 2.45) is 7.05 Å². The van der Waals surface area contributed by atoms with Crippen molar-refractivity contribution in [3.63, 3.8) is 0 Å². The number of nitrogens with zero attached hydrogens (tertiary/aromatic N) is 4. The first-order valence-electron chi connectivity index (χ1n) is 6.80. The van der Waals surface area contributed by atoms with Gasteiger partial charge in [0.15, 0.2) is 0 Å². The minimum absolute atomic E-state index is 0.0456. The van der Waals surface area contributed by atoms with E-state index in [2.05, 4.69) is 15.1 Å². The topological polar surface area (TPSA) is 102 Å². The molecule has 3 rings (SSSR count). The second-order valence-electron chi connectivity index (χ2n) is 4.80. The lowest BCUT2D eigenvalue weighted by Gasteiger charge is -2.07. The van der Waals surface area contributed by atoms with Gasteiger partial charge < -0.3 is 9.84 Å². The van der Waals surface area contributed by atoms with E-state index in [0.717, 1.165) is 11.6 Å². The highest BCUT2D eigenvalue weighted by Crippen LogP contribution is 2.25. The highest BCUT2D eigenvalue weighted by atomic mass is 19.1. The molecule has 0 radical (unpaired) electrons. The average Bonchev–Trinajstić information content (AvgIpc) is 2.97. The molecular weight excluding hydrogens is 317 g/mol. The molecule has 8 nitrogen and oxygen atoms in total. The molecule has 24 heavy (non-hydrogen) atoms. The normalized spacial score (nSPS) is 10.4. The van der Waals surface area contributed by atoms with Gasteiger partial charge in [-0.1, -0.05) is 0 Å². The van der Waals surface area contributed by atoms with Crippen molar-refractivity contribution < 1.29 is 19.0 Å². The van der Waals surface area contributed by atoms with Crippen LogP contribution in [0.25, 0.3) is 11.3 Å². The Morgan fingerprint density at radius 1 is 1.38 bits per heavy atom. The zero-order valence-electron chi connectivity index (χ0n) is 12.5. The van der Waals surface area contributed by atoms with Crippen molar-refractivity contribution in [1.29, 1.82) is 0 Å². The molecule has 3 aromatic rings. The summed E-state index contributed by atoms with van der Waals surface area (Å²) in [6, 6.07) is 5.40. The third-order valence-electron chi connectivity index (χ3n) is 3.02. The fourth-order valence-corrected chi connectivity index (χ4v) is 1.99.